The van der Waals surface area contributed by atoms with Crippen LogP contribution in [0.1, 0.15) is 51.4 Å². The Morgan fingerprint density at radius 3 is 2.52 bits per heavy atom. The number of nitrogens with one attached hydrogen (secondary N) is 2. The molecule has 0 unspecified atom stereocenters. The minimum absolute atomic E-state index is 0.0182. The minimum atomic E-state index is -0.343. The van der Waals surface area contributed by atoms with Gasteiger partial charge in [0.2, 0.25) is 5.91 Å². The molecule has 1 aliphatic heterocycles. The minimum Gasteiger partial charge on any atom is -0.391 e. The van der Waals surface area contributed by atoms with E-state index >= 15 is 0 Å². The van der Waals surface area contributed by atoms with Gasteiger partial charge in [0, 0.05) is 26.1 Å². The normalized spacial score (nSPS) is 36.7. The smallest absolute Gasteiger partial charge is 0.317 e. The number of hydrogen-bond acceptors (Lipinski definition) is 3. The van der Waals surface area contributed by atoms with E-state index in [1.165, 1.54) is 32.1 Å². The molecule has 0 radical (unpaired) electrons. The Bertz CT molecular complexity index is 518. The van der Waals surface area contributed by atoms with Gasteiger partial charge in [-0.1, -0.05) is 19.3 Å². The summed E-state index contributed by atoms with van der Waals surface area (Å²) >= 11 is 0. The maximum atomic E-state index is 12.5. The average Bonchev–Trinajstić information content (AvgIpc) is 3.22. The number of likely N-dealkylation sites (tertiary alicyclic amines) is 1. The first-order chi connectivity index (χ1) is 12.1. The third-order valence-electron chi connectivity index (χ3n) is 7.03. The van der Waals surface area contributed by atoms with E-state index in [-0.39, 0.29) is 24.1 Å². The summed E-state index contributed by atoms with van der Waals surface area (Å²) in [6, 6.07) is -0.0646. The molecule has 1 heterocycles. The monoisotopic (exact) mass is 349 g/mol. The van der Waals surface area contributed by atoms with Crippen molar-refractivity contribution in [1.82, 2.24) is 15.5 Å². The molecule has 0 aromatic heterocycles. The number of carbonyl (C=O) groups excluding carboxylic acids is 2. The van der Waals surface area contributed by atoms with Gasteiger partial charge < -0.3 is 20.6 Å². The molecule has 6 nitrogen and oxygen atoms in total. The maximum Gasteiger partial charge on any atom is 0.317 e. The zero-order valence-corrected chi connectivity index (χ0v) is 15.0. The second-order valence-electron chi connectivity index (χ2n) is 8.58. The molecule has 4 aliphatic rings. The van der Waals surface area contributed by atoms with Crippen molar-refractivity contribution in [2.75, 3.05) is 19.6 Å². The van der Waals surface area contributed by atoms with E-state index in [0.29, 0.717) is 43.2 Å². The van der Waals surface area contributed by atoms with Crippen molar-refractivity contribution < 1.29 is 14.7 Å². The standard InChI is InChI=1S/C19H31N3O3/c23-16(8-12-4-2-1-3-5-12)20-6-7-21-19(25)22-11-14-9-13-10-15(14)17(22)18(13)24/h12-15,17-18,24H,1-11H2,(H,20,23)(H,21,25)/t13-,14-,15+,17+,18-/m0/s1. The number of rotatable bonds is 5. The Kier molecular flexibility index (Phi) is 4.89. The largest absolute Gasteiger partial charge is 0.391 e. The summed E-state index contributed by atoms with van der Waals surface area (Å²) in [5.74, 6) is 2.13. The van der Waals surface area contributed by atoms with Crippen molar-refractivity contribution in [3.8, 4) is 0 Å². The highest BCUT2D eigenvalue weighted by Crippen LogP contribution is 2.54. The van der Waals surface area contributed by atoms with E-state index in [9.17, 15) is 14.7 Å². The van der Waals surface area contributed by atoms with Crippen molar-refractivity contribution >= 4 is 11.9 Å². The molecular formula is C19H31N3O3. The zero-order valence-electron chi connectivity index (χ0n) is 15.0. The van der Waals surface area contributed by atoms with Crippen molar-refractivity contribution in [2.45, 2.75) is 63.5 Å². The molecule has 4 rings (SSSR count). The predicted molar refractivity (Wildman–Crippen MR) is 93.8 cm³/mol. The van der Waals surface area contributed by atoms with Gasteiger partial charge in [-0.25, -0.2) is 4.79 Å². The summed E-state index contributed by atoms with van der Waals surface area (Å²) < 4.78 is 0. The Labute approximate surface area is 149 Å². The first kappa shape index (κ1) is 17.1. The molecule has 1 saturated heterocycles. The number of amides is 3. The number of aliphatic hydroxyl groups is 1. The Hall–Kier alpha value is -1.30. The molecule has 5 atom stereocenters. The molecule has 2 bridgehead atoms. The molecule has 0 aromatic rings. The van der Waals surface area contributed by atoms with Crippen LogP contribution < -0.4 is 10.6 Å². The van der Waals surface area contributed by atoms with Crippen molar-refractivity contribution in [3.05, 3.63) is 0 Å². The molecule has 0 spiro atoms. The molecule has 3 aliphatic carbocycles. The van der Waals surface area contributed by atoms with Crippen LogP contribution >= 0.6 is 0 Å². The molecule has 140 valence electrons. The Morgan fingerprint density at radius 2 is 1.76 bits per heavy atom. The van der Waals surface area contributed by atoms with Gasteiger partial charge in [0.1, 0.15) is 0 Å². The highest BCUT2D eigenvalue weighted by molar-refractivity contribution is 5.77. The van der Waals surface area contributed by atoms with E-state index < -0.39 is 0 Å². The molecular weight excluding hydrogens is 318 g/mol. The topological polar surface area (TPSA) is 81.7 Å². The van der Waals surface area contributed by atoms with Crippen LogP contribution in [0.5, 0.6) is 0 Å². The molecule has 3 amide bonds. The van der Waals surface area contributed by atoms with E-state index in [1.54, 1.807) is 0 Å². The molecule has 4 fully saturated rings. The number of carbonyl (C=O) groups is 2. The summed E-state index contributed by atoms with van der Waals surface area (Å²) in [6.07, 6.45) is 8.58. The fraction of sp³-hybridized carbons (Fsp3) is 0.895. The van der Waals surface area contributed by atoms with Crippen LogP contribution in [0.3, 0.4) is 0 Å². The lowest BCUT2D eigenvalue weighted by Crippen LogP contribution is -2.49. The van der Waals surface area contributed by atoms with Crippen LogP contribution in [0.4, 0.5) is 4.79 Å². The van der Waals surface area contributed by atoms with Gasteiger partial charge in [0.25, 0.3) is 0 Å². The van der Waals surface area contributed by atoms with Crippen molar-refractivity contribution in [3.63, 3.8) is 0 Å². The van der Waals surface area contributed by atoms with Crippen LogP contribution in [0.15, 0.2) is 0 Å². The second kappa shape index (κ2) is 7.14. The number of fused-ring (bicyclic) bond motifs is 1. The SMILES string of the molecule is O=C(CC1CCCCC1)NCCNC(=O)N1C[C@@H]2C[C@H]3C[C@H]2[C@@H]1[C@H]3O. The number of nitrogens with zero attached hydrogens (tertiary/aromatic N) is 1. The quantitative estimate of drug-likeness (QED) is 0.658. The summed E-state index contributed by atoms with van der Waals surface area (Å²) in [4.78, 5) is 26.3. The highest BCUT2D eigenvalue weighted by Gasteiger charge is 2.59. The van der Waals surface area contributed by atoms with Crippen molar-refractivity contribution in [2.24, 2.45) is 23.7 Å². The number of urea groups is 1. The van der Waals surface area contributed by atoms with E-state index in [4.69, 9.17) is 0 Å². The lowest BCUT2D eigenvalue weighted by Gasteiger charge is -2.29. The van der Waals surface area contributed by atoms with Crippen LogP contribution in [0, 0.1) is 23.7 Å². The Morgan fingerprint density at radius 1 is 1.00 bits per heavy atom. The van der Waals surface area contributed by atoms with E-state index in [2.05, 4.69) is 10.6 Å². The van der Waals surface area contributed by atoms with Gasteiger partial charge in [-0.2, -0.15) is 0 Å². The third-order valence-corrected chi connectivity index (χ3v) is 7.03. The first-order valence-electron chi connectivity index (χ1n) is 10.1. The molecule has 3 saturated carbocycles. The Balaban J connectivity index is 1.15. The molecule has 3 N–H and O–H groups in total. The van der Waals surface area contributed by atoms with Gasteiger partial charge in [0.05, 0.1) is 12.1 Å². The number of aliphatic hydroxyl groups excluding tert-OH is 1. The molecule has 25 heavy (non-hydrogen) atoms. The van der Waals surface area contributed by atoms with Crippen LogP contribution in [-0.2, 0) is 4.79 Å². The van der Waals surface area contributed by atoms with Gasteiger partial charge in [-0.3, -0.25) is 4.79 Å². The fourth-order valence-corrected chi connectivity index (χ4v) is 5.85. The maximum absolute atomic E-state index is 12.5. The van der Waals surface area contributed by atoms with Crippen molar-refractivity contribution in [1.29, 1.82) is 0 Å². The first-order valence-corrected chi connectivity index (χ1v) is 10.1. The summed E-state index contributed by atoms with van der Waals surface area (Å²) in [5.41, 5.74) is 0. The fourth-order valence-electron chi connectivity index (χ4n) is 5.85. The highest BCUT2D eigenvalue weighted by atomic mass is 16.3. The lowest BCUT2D eigenvalue weighted by molar-refractivity contribution is -0.122. The third kappa shape index (κ3) is 3.37. The molecule has 6 heteroatoms. The van der Waals surface area contributed by atoms with Gasteiger partial charge in [-0.05, 0) is 49.4 Å². The molecule has 0 aromatic carbocycles. The zero-order chi connectivity index (χ0) is 17.4. The van der Waals surface area contributed by atoms with E-state index in [1.807, 2.05) is 4.90 Å². The second-order valence-corrected chi connectivity index (χ2v) is 8.58. The van der Waals surface area contributed by atoms with Crippen LogP contribution in [0.25, 0.3) is 0 Å². The van der Waals surface area contributed by atoms with E-state index in [0.717, 1.165) is 19.4 Å². The van der Waals surface area contributed by atoms with Gasteiger partial charge in [0.15, 0.2) is 0 Å². The summed E-state index contributed by atoms with van der Waals surface area (Å²) in [5, 5.41) is 16.2. The number of hydrogen-bond donors (Lipinski definition) is 3. The predicted octanol–water partition coefficient (Wildman–Crippen LogP) is 1.48. The van der Waals surface area contributed by atoms with Crippen LogP contribution in [0.2, 0.25) is 0 Å². The summed E-state index contributed by atoms with van der Waals surface area (Å²) in [7, 11) is 0. The average molecular weight is 349 g/mol. The lowest BCUT2D eigenvalue weighted by atomic mass is 9.87. The van der Waals surface area contributed by atoms with Gasteiger partial charge >= 0.3 is 6.03 Å². The summed E-state index contributed by atoms with van der Waals surface area (Å²) in [6.45, 7) is 1.71. The van der Waals surface area contributed by atoms with Gasteiger partial charge in [-0.15, -0.1) is 0 Å². The van der Waals surface area contributed by atoms with Crippen LogP contribution in [-0.4, -0.2) is 53.7 Å².